The van der Waals surface area contributed by atoms with E-state index in [1.165, 1.54) is 24.3 Å². The quantitative estimate of drug-likeness (QED) is 0.145. The van der Waals surface area contributed by atoms with Gasteiger partial charge in [-0.3, -0.25) is 9.98 Å². The van der Waals surface area contributed by atoms with Gasteiger partial charge in [0.05, 0.1) is 11.3 Å². The Hall–Kier alpha value is -3.89. The van der Waals surface area contributed by atoms with Crippen LogP contribution in [0, 0.1) is 5.53 Å². The smallest absolute Gasteiger partial charge is 0.336 e. The predicted molar refractivity (Wildman–Crippen MR) is 111 cm³/mol. The van der Waals surface area contributed by atoms with Gasteiger partial charge in [0.25, 0.3) is 10.1 Å². The van der Waals surface area contributed by atoms with Gasteiger partial charge in [-0.1, -0.05) is 48.5 Å². The molecule has 4 N–H and O–H groups in total. The minimum absolute atomic E-state index is 0.0184. The van der Waals surface area contributed by atoms with Crippen LogP contribution in [0.3, 0.4) is 0 Å². The fourth-order valence-corrected chi connectivity index (χ4v) is 3.79. The Bertz CT molecular complexity index is 1260. The highest BCUT2D eigenvalue weighted by Gasteiger charge is 2.23. The molecule has 3 aromatic carbocycles. The predicted octanol–water partition coefficient (Wildman–Crippen LogP) is 4.35. The molecule has 9 nitrogen and oxygen atoms in total. The lowest BCUT2D eigenvalue weighted by Crippen LogP contribution is -2.04. The van der Waals surface area contributed by atoms with Crippen molar-refractivity contribution in [1.82, 2.24) is 0 Å². The van der Waals surface area contributed by atoms with E-state index in [2.05, 4.69) is 15.6 Å². The highest BCUT2D eigenvalue weighted by molar-refractivity contribution is 7.86. The van der Waals surface area contributed by atoms with Crippen molar-refractivity contribution in [2.75, 3.05) is 5.43 Å². The summed E-state index contributed by atoms with van der Waals surface area (Å²) in [5, 5.41) is 16.4. The molecule has 152 valence electrons. The lowest BCUT2D eigenvalue weighted by Gasteiger charge is -2.18. The second kappa shape index (κ2) is 8.64. The third kappa shape index (κ3) is 4.24. The molecule has 0 heterocycles. The maximum Gasteiger partial charge on any atom is 0.336 e. The van der Waals surface area contributed by atoms with E-state index in [4.69, 9.17) is 5.53 Å². The number of anilines is 1. The molecular weight excluding hydrogens is 408 g/mol. The first kappa shape index (κ1) is 20.8. The van der Waals surface area contributed by atoms with E-state index in [0.29, 0.717) is 22.4 Å². The number of hydrogen-bond acceptors (Lipinski definition) is 6. The summed E-state index contributed by atoms with van der Waals surface area (Å²) in [6.07, 6.45) is 0.941. The summed E-state index contributed by atoms with van der Waals surface area (Å²) in [6, 6.07) is 17.0. The van der Waals surface area contributed by atoms with Gasteiger partial charge in [0.1, 0.15) is 4.90 Å². The third-order valence-electron chi connectivity index (χ3n) is 4.25. The van der Waals surface area contributed by atoms with Gasteiger partial charge < -0.3 is 5.11 Å². The number of nitrogens with one attached hydrogen (secondary N) is 2. The first-order valence-electron chi connectivity index (χ1n) is 8.51. The van der Waals surface area contributed by atoms with Crippen LogP contribution in [0.15, 0.2) is 81.8 Å². The molecule has 0 bridgehead atoms. The molecule has 0 fully saturated rings. The zero-order valence-corrected chi connectivity index (χ0v) is 16.2. The van der Waals surface area contributed by atoms with Crippen LogP contribution in [0.1, 0.15) is 10.4 Å². The molecule has 0 unspecified atom stereocenters. The minimum Gasteiger partial charge on any atom is -0.478 e. The van der Waals surface area contributed by atoms with Crippen molar-refractivity contribution in [3.05, 3.63) is 72.3 Å². The molecule has 0 aromatic heterocycles. The van der Waals surface area contributed by atoms with Crippen LogP contribution in [0.5, 0.6) is 0 Å². The topological polar surface area (TPSA) is 152 Å². The highest BCUT2D eigenvalue weighted by Crippen LogP contribution is 2.41. The Morgan fingerprint density at radius 1 is 0.933 bits per heavy atom. The Kier molecular flexibility index (Phi) is 6.00. The van der Waals surface area contributed by atoms with Gasteiger partial charge in [0.15, 0.2) is 6.34 Å². The molecule has 0 saturated heterocycles. The molecule has 3 rings (SSSR count). The second-order valence-corrected chi connectivity index (χ2v) is 7.43. The summed E-state index contributed by atoms with van der Waals surface area (Å²) < 4.78 is 33.7. The number of hydrazone groups is 1. The van der Waals surface area contributed by atoms with Crippen molar-refractivity contribution >= 4 is 28.1 Å². The van der Waals surface area contributed by atoms with Crippen LogP contribution in [0.2, 0.25) is 0 Å². The molecule has 3 aromatic rings. The van der Waals surface area contributed by atoms with Crippen LogP contribution in [0.4, 0.5) is 5.69 Å². The SMILES string of the molecule is N=N/C=N/Nc1cccc(-c2ccccc2C(=O)O)c1-c1ccccc1S(=O)(=O)O. The van der Waals surface area contributed by atoms with Crippen molar-refractivity contribution in [2.24, 2.45) is 10.2 Å². The summed E-state index contributed by atoms with van der Waals surface area (Å²) in [7, 11) is -4.58. The Labute approximate surface area is 172 Å². The van der Waals surface area contributed by atoms with Crippen LogP contribution in [0.25, 0.3) is 22.3 Å². The van der Waals surface area contributed by atoms with Gasteiger partial charge in [-0.25, -0.2) is 10.3 Å². The molecule has 0 radical (unpaired) electrons. The summed E-state index contributed by atoms with van der Waals surface area (Å²) in [5.74, 6) is -1.15. The molecule has 0 saturated carbocycles. The van der Waals surface area contributed by atoms with Crippen molar-refractivity contribution in [3.63, 3.8) is 0 Å². The molecular formula is C20H16N4O5S. The normalized spacial score (nSPS) is 11.4. The highest BCUT2D eigenvalue weighted by atomic mass is 32.2. The number of carboxylic acid groups (broad SMARTS) is 1. The summed E-state index contributed by atoms with van der Waals surface area (Å²) in [6.45, 7) is 0. The average molecular weight is 424 g/mol. The van der Waals surface area contributed by atoms with Gasteiger partial charge in [0, 0.05) is 11.1 Å². The molecule has 0 atom stereocenters. The fourth-order valence-electron chi connectivity index (χ4n) is 3.09. The number of aromatic carboxylic acids is 1. The number of carbonyl (C=O) groups is 1. The summed E-state index contributed by atoms with van der Waals surface area (Å²) in [5.41, 5.74) is 11.1. The average Bonchev–Trinajstić information content (AvgIpc) is 2.73. The van der Waals surface area contributed by atoms with Crippen molar-refractivity contribution in [1.29, 1.82) is 5.53 Å². The van der Waals surface area contributed by atoms with E-state index in [1.54, 1.807) is 42.5 Å². The largest absolute Gasteiger partial charge is 0.478 e. The third-order valence-corrected chi connectivity index (χ3v) is 5.16. The van der Waals surface area contributed by atoms with E-state index in [-0.39, 0.29) is 16.0 Å². The van der Waals surface area contributed by atoms with Gasteiger partial charge in [0.2, 0.25) is 0 Å². The number of carboxylic acids is 1. The van der Waals surface area contributed by atoms with Gasteiger partial charge >= 0.3 is 5.97 Å². The van der Waals surface area contributed by atoms with E-state index >= 15 is 0 Å². The number of nitrogens with zero attached hydrogens (tertiary/aromatic N) is 2. The summed E-state index contributed by atoms with van der Waals surface area (Å²) in [4.78, 5) is 11.4. The first-order chi connectivity index (χ1) is 14.3. The Morgan fingerprint density at radius 3 is 2.23 bits per heavy atom. The first-order valence-corrected chi connectivity index (χ1v) is 9.95. The van der Waals surface area contributed by atoms with Crippen molar-refractivity contribution in [3.8, 4) is 22.3 Å². The zero-order chi connectivity index (χ0) is 21.7. The van der Waals surface area contributed by atoms with E-state index in [1.807, 2.05) is 0 Å². The molecule has 10 heteroatoms. The lowest BCUT2D eigenvalue weighted by atomic mass is 9.90. The number of rotatable bonds is 7. The molecule has 0 spiro atoms. The summed E-state index contributed by atoms with van der Waals surface area (Å²) >= 11 is 0. The maximum atomic E-state index is 12.0. The molecule has 0 aliphatic heterocycles. The van der Waals surface area contributed by atoms with E-state index in [9.17, 15) is 22.9 Å². The lowest BCUT2D eigenvalue weighted by molar-refractivity contribution is 0.0697. The number of hydrogen-bond donors (Lipinski definition) is 4. The van der Waals surface area contributed by atoms with Gasteiger partial charge in [-0.15, -0.1) is 5.11 Å². The zero-order valence-electron chi connectivity index (χ0n) is 15.4. The van der Waals surface area contributed by atoms with Crippen molar-refractivity contribution in [2.45, 2.75) is 4.90 Å². The second-order valence-electron chi connectivity index (χ2n) is 6.04. The Morgan fingerprint density at radius 2 is 1.57 bits per heavy atom. The molecule has 0 aliphatic rings. The van der Waals surface area contributed by atoms with Crippen LogP contribution >= 0.6 is 0 Å². The molecule has 30 heavy (non-hydrogen) atoms. The Balaban J connectivity index is 2.41. The van der Waals surface area contributed by atoms with E-state index < -0.39 is 16.1 Å². The molecule has 0 aliphatic carbocycles. The number of benzene rings is 3. The standard InChI is InChI=1S/C20H16N4O5S/c21-22-12-23-24-17-10-5-9-14(13-6-1-2-7-15(13)20(25)26)19(17)16-8-3-4-11-18(16)30(27,28)29/h1-12,21,24H,(H,25,26)(H,27,28,29)/b22-21?,23-12+. The monoisotopic (exact) mass is 424 g/mol. The van der Waals surface area contributed by atoms with Gasteiger partial charge in [-0.2, -0.15) is 13.5 Å². The minimum atomic E-state index is -4.58. The van der Waals surface area contributed by atoms with Gasteiger partial charge in [-0.05, 0) is 29.3 Å². The van der Waals surface area contributed by atoms with Crippen LogP contribution < -0.4 is 5.43 Å². The van der Waals surface area contributed by atoms with Crippen LogP contribution in [-0.2, 0) is 10.1 Å². The van der Waals surface area contributed by atoms with Crippen molar-refractivity contribution < 1.29 is 22.9 Å². The fraction of sp³-hybridized carbons (Fsp3) is 0. The van der Waals surface area contributed by atoms with E-state index in [0.717, 1.165) is 6.34 Å². The maximum absolute atomic E-state index is 12.0. The van der Waals surface area contributed by atoms with Crippen LogP contribution in [-0.4, -0.2) is 30.4 Å². The molecule has 0 amide bonds.